The van der Waals surface area contributed by atoms with E-state index < -0.39 is 0 Å². The van der Waals surface area contributed by atoms with Crippen LogP contribution < -0.4 is 10.6 Å². The molecule has 0 aliphatic carbocycles. The predicted octanol–water partition coefficient (Wildman–Crippen LogP) is 2.54. The highest BCUT2D eigenvalue weighted by atomic mass is 35.5. The van der Waals surface area contributed by atoms with Crippen molar-refractivity contribution in [3.63, 3.8) is 0 Å². The lowest BCUT2D eigenvalue weighted by Gasteiger charge is -2.23. The van der Waals surface area contributed by atoms with Crippen LogP contribution in [-0.2, 0) is 4.74 Å². The molecule has 1 saturated heterocycles. The van der Waals surface area contributed by atoms with E-state index in [9.17, 15) is 4.79 Å². The number of hydrogen-bond donors (Lipinski definition) is 2. The molecule has 0 radical (unpaired) electrons. The number of methoxy groups -OCH3 is 1. The minimum atomic E-state index is -0.369. The molecule has 4 nitrogen and oxygen atoms in total. The third-order valence-electron chi connectivity index (χ3n) is 3.37. The molecule has 0 bridgehead atoms. The molecule has 5 heteroatoms. The van der Waals surface area contributed by atoms with Gasteiger partial charge in [-0.1, -0.05) is 11.6 Å². The molecule has 2 N–H and O–H groups in total. The molecule has 0 saturated carbocycles. The van der Waals surface area contributed by atoms with Crippen molar-refractivity contribution >= 4 is 23.3 Å². The average molecular weight is 283 g/mol. The van der Waals surface area contributed by atoms with Crippen molar-refractivity contribution in [3.8, 4) is 0 Å². The van der Waals surface area contributed by atoms with E-state index in [4.69, 9.17) is 16.3 Å². The first kappa shape index (κ1) is 14.2. The molecule has 2 rings (SSSR count). The second-order valence-corrected chi connectivity index (χ2v) is 5.21. The fourth-order valence-electron chi connectivity index (χ4n) is 2.30. The van der Waals surface area contributed by atoms with E-state index in [1.54, 1.807) is 12.1 Å². The molecule has 1 aliphatic heterocycles. The van der Waals surface area contributed by atoms with E-state index in [1.807, 2.05) is 6.07 Å². The summed E-state index contributed by atoms with van der Waals surface area (Å²) in [4.78, 5) is 11.7. The average Bonchev–Trinajstić information content (AvgIpc) is 2.46. The maximum atomic E-state index is 11.7. The van der Waals surface area contributed by atoms with Gasteiger partial charge in [-0.25, -0.2) is 4.79 Å². The van der Waals surface area contributed by atoms with Gasteiger partial charge < -0.3 is 15.4 Å². The number of halogens is 1. The van der Waals surface area contributed by atoms with E-state index >= 15 is 0 Å². The third kappa shape index (κ3) is 3.85. The molecular formula is C14H19ClN2O2. The topological polar surface area (TPSA) is 50.4 Å². The summed E-state index contributed by atoms with van der Waals surface area (Å²) in [6, 6.07) is 5.23. The van der Waals surface area contributed by atoms with Crippen LogP contribution in [0, 0.1) is 5.92 Å². The fraction of sp³-hybridized carbons (Fsp3) is 0.500. The van der Waals surface area contributed by atoms with E-state index in [2.05, 4.69) is 10.6 Å². The zero-order valence-electron chi connectivity index (χ0n) is 11.0. The zero-order chi connectivity index (χ0) is 13.7. The molecule has 0 amide bonds. The van der Waals surface area contributed by atoms with Crippen molar-refractivity contribution in [1.29, 1.82) is 0 Å². The molecule has 104 valence electrons. The van der Waals surface area contributed by atoms with Crippen LogP contribution in [0.15, 0.2) is 18.2 Å². The Morgan fingerprint density at radius 1 is 1.58 bits per heavy atom. The second-order valence-electron chi connectivity index (χ2n) is 4.77. The van der Waals surface area contributed by atoms with Gasteiger partial charge in [0, 0.05) is 17.3 Å². The molecule has 1 unspecified atom stereocenters. The summed E-state index contributed by atoms with van der Waals surface area (Å²) in [5.41, 5.74) is 1.26. The number of nitrogens with one attached hydrogen (secondary N) is 2. The van der Waals surface area contributed by atoms with Gasteiger partial charge in [-0.3, -0.25) is 0 Å². The summed E-state index contributed by atoms with van der Waals surface area (Å²) >= 11 is 5.92. The number of anilines is 1. The van der Waals surface area contributed by atoms with Crippen LogP contribution in [0.1, 0.15) is 23.2 Å². The van der Waals surface area contributed by atoms with Gasteiger partial charge in [-0.05, 0) is 50.0 Å². The highest BCUT2D eigenvalue weighted by molar-refractivity contribution is 6.31. The van der Waals surface area contributed by atoms with E-state index in [0.29, 0.717) is 16.5 Å². The Hall–Kier alpha value is -1.26. The number of carbonyl (C=O) groups is 1. The summed E-state index contributed by atoms with van der Waals surface area (Å²) in [6.45, 7) is 2.97. The maximum Gasteiger partial charge on any atom is 0.340 e. The van der Waals surface area contributed by atoms with Gasteiger partial charge in [0.25, 0.3) is 0 Å². The Balaban J connectivity index is 2.04. The van der Waals surface area contributed by atoms with E-state index in [-0.39, 0.29) is 5.97 Å². The number of esters is 1. The SMILES string of the molecule is COC(=O)c1cc(Cl)ccc1NCC1CCCNC1. The normalized spacial score (nSPS) is 18.9. The van der Waals surface area contributed by atoms with Gasteiger partial charge in [-0.2, -0.15) is 0 Å². The standard InChI is InChI=1S/C14H19ClN2O2/c1-19-14(18)12-7-11(15)4-5-13(12)17-9-10-3-2-6-16-8-10/h4-5,7,10,16-17H,2-3,6,8-9H2,1H3. The van der Waals surface area contributed by atoms with Gasteiger partial charge in [0.05, 0.1) is 12.7 Å². The first-order valence-electron chi connectivity index (χ1n) is 6.53. The minimum absolute atomic E-state index is 0.369. The lowest BCUT2D eigenvalue weighted by atomic mass is 9.99. The zero-order valence-corrected chi connectivity index (χ0v) is 11.8. The summed E-state index contributed by atoms with van der Waals surface area (Å²) < 4.78 is 4.77. The predicted molar refractivity (Wildman–Crippen MR) is 76.9 cm³/mol. The van der Waals surface area contributed by atoms with Crippen LogP contribution in [0.4, 0.5) is 5.69 Å². The summed E-state index contributed by atoms with van der Waals surface area (Å²) in [5, 5.41) is 7.23. The van der Waals surface area contributed by atoms with Gasteiger partial charge >= 0.3 is 5.97 Å². The van der Waals surface area contributed by atoms with Crippen LogP contribution >= 0.6 is 11.6 Å². The summed E-state index contributed by atoms with van der Waals surface area (Å²) in [7, 11) is 1.37. The fourth-order valence-corrected chi connectivity index (χ4v) is 2.47. The molecule has 0 aromatic heterocycles. The maximum absolute atomic E-state index is 11.7. The van der Waals surface area contributed by atoms with Crippen molar-refractivity contribution in [3.05, 3.63) is 28.8 Å². The van der Waals surface area contributed by atoms with Crippen LogP contribution in [0.5, 0.6) is 0 Å². The highest BCUT2D eigenvalue weighted by Gasteiger charge is 2.16. The quantitative estimate of drug-likeness (QED) is 0.834. The van der Waals surface area contributed by atoms with Gasteiger partial charge in [-0.15, -0.1) is 0 Å². The third-order valence-corrected chi connectivity index (χ3v) is 3.60. The van der Waals surface area contributed by atoms with Crippen LogP contribution in [0.2, 0.25) is 5.02 Å². The Morgan fingerprint density at radius 3 is 3.11 bits per heavy atom. The number of carbonyl (C=O) groups excluding carboxylic acids is 1. The summed E-state index contributed by atoms with van der Waals surface area (Å²) in [5.74, 6) is 0.224. The lowest BCUT2D eigenvalue weighted by Crippen LogP contribution is -2.33. The van der Waals surface area contributed by atoms with Gasteiger partial charge in [0.15, 0.2) is 0 Å². The lowest BCUT2D eigenvalue weighted by molar-refractivity contribution is 0.0602. The Labute approximate surface area is 118 Å². The monoisotopic (exact) mass is 282 g/mol. The molecule has 1 aliphatic rings. The molecule has 1 heterocycles. The smallest absolute Gasteiger partial charge is 0.340 e. The molecule has 1 aromatic carbocycles. The number of benzene rings is 1. The molecule has 1 aromatic rings. The molecule has 0 spiro atoms. The van der Waals surface area contributed by atoms with E-state index in [0.717, 1.165) is 25.3 Å². The highest BCUT2D eigenvalue weighted by Crippen LogP contribution is 2.22. The van der Waals surface area contributed by atoms with E-state index in [1.165, 1.54) is 20.0 Å². The minimum Gasteiger partial charge on any atom is -0.465 e. The van der Waals surface area contributed by atoms with Crippen LogP contribution in [-0.4, -0.2) is 32.7 Å². The molecular weight excluding hydrogens is 264 g/mol. The van der Waals surface area contributed by atoms with Crippen molar-refractivity contribution in [2.45, 2.75) is 12.8 Å². The molecule has 1 fully saturated rings. The van der Waals surface area contributed by atoms with Crippen molar-refractivity contribution in [2.24, 2.45) is 5.92 Å². The Morgan fingerprint density at radius 2 is 2.42 bits per heavy atom. The molecule has 19 heavy (non-hydrogen) atoms. The first-order valence-corrected chi connectivity index (χ1v) is 6.91. The largest absolute Gasteiger partial charge is 0.465 e. The number of ether oxygens (including phenoxy) is 1. The number of rotatable bonds is 4. The van der Waals surface area contributed by atoms with Crippen molar-refractivity contribution < 1.29 is 9.53 Å². The number of hydrogen-bond acceptors (Lipinski definition) is 4. The van der Waals surface area contributed by atoms with Crippen molar-refractivity contribution in [1.82, 2.24) is 5.32 Å². The van der Waals surface area contributed by atoms with Gasteiger partial charge in [0.1, 0.15) is 0 Å². The van der Waals surface area contributed by atoms with Crippen LogP contribution in [0.25, 0.3) is 0 Å². The Bertz CT molecular complexity index is 445. The molecule has 1 atom stereocenters. The van der Waals surface area contributed by atoms with Crippen LogP contribution in [0.3, 0.4) is 0 Å². The Kier molecular flexibility index (Phi) is 5.05. The first-order chi connectivity index (χ1) is 9.20. The number of piperidine rings is 1. The summed E-state index contributed by atoms with van der Waals surface area (Å²) in [6.07, 6.45) is 2.41. The van der Waals surface area contributed by atoms with Crippen molar-refractivity contribution in [2.75, 3.05) is 32.1 Å². The second kappa shape index (κ2) is 6.78. The van der Waals surface area contributed by atoms with Gasteiger partial charge in [0.2, 0.25) is 0 Å².